The van der Waals surface area contributed by atoms with Crippen molar-refractivity contribution in [2.24, 2.45) is 5.73 Å². The average molecular weight is 323 g/mol. The number of halogens is 2. The molecule has 0 aliphatic carbocycles. The number of rotatable bonds is 4. The molecule has 0 aliphatic rings. The van der Waals surface area contributed by atoms with E-state index in [1.807, 2.05) is 0 Å². The molecule has 2 aromatic rings. The fraction of sp³-hybridized carbons (Fsp3) is 0.0667. The first kappa shape index (κ1) is 15.4. The third-order valence-corrected chi connectivity index (χ3v) is 3.55. The Morgan fingerprint density at radius 3 is 2.43 bits per heavy atom. The molecule has 6 heteroatoms. The van der Waals surface area contributed by atoms with Crippen molar-refractivity contribution >= 4 is 40.7 Å². The van der Waals surface area contributed by atoms with Gasteiger partial charge >= 0.3 is 0 Å². The van der Waals surface area contributed by atoms with Crippen LogP contribution in [-0.2, 0) is 11.2 Å². The molecule has 0 fully saturated rings. The van der Waals surface area contributed by atoms with Crippen molar-refractivity contribution in [2.45, 2.75) is 6.42 Å². The summed E-state index contributed by atoms with van der Waals surface area (Å²) in [6.45, 7) is 0. The van der Waals surface area contributed by atoms with Gasteiger partial charge in [-0.25, -0.2) is 0 Å². The van der Waals surface area contributed by atoms with Crippen LogP contribution < -0.4 is 11.1 Å². The summed E-state index contributed by atoms with van der Waals surface area (Å²) in [4.78, 5) is 23.3. The zero-order chi connectivity index (χ0) is 15.4. The predicted molar refractivity (Wildman–Crippen MR) is 83.8 cm³/mol. The van der Waals surface area contributed by atoms with Crippen LogP contribution in [0.2, 0.25) is 10.0 Å². The molecule has 2 amide bonds. The van der Waals surface area contributed by atoms with E-state index in [-0.39, 0.29) is 17.9 Å². The number of anilines is 1. The van der Waals surface area contributed by atoms with Crippen LogP contribution in [0.1, 0.15) is 15.9 Å². The SMILES string of the molecule is NC(=O)c1ccccc1NC(=O)Cc1ccc(Cl)c(Cl)c1. The molecule has 0 saturated carbocycles. The number of amides is 2. The van der Waals surface area contributed by atoms with Crippen molar-refractivity contribution in [3.63, 3.8) is 0 Å². The largest absolute Gasteiger partial charge is 0.366 e. The maximum Gasteiger partial charge on any atom is 0.250 e. The lowest BCUT2D eigenvalue weighted by atomic mass is 10.1. The molecule has 0 saturated heterocycles. The highest BCUT2D eigenvalue weighted by molar-refractivity contribution is 6.42. The van der Waals surface area contributed by atoms with Crippen LogP contribution in [0.5, 0.6) is 0 Å². The second kappa shape index (κ2) is 6.61. The summed E-state index contributed by atoms with van der Waals surface area (Å²) in [6, 6.07) is 11.5. The molecule has 3 N–H and O–H groups in total. The second-order valence-corrected chi connectivity index (χ2v) is 5.20. The van der Waals surface area contributed by atoms with E-state index in [0.717, 1.165) is 5.56 Å². The topological polar surface area (TPSA) is 72.2 Å². The molecule has 0 radical (unpaired) electrons. The number of carbonyl (C=O) groups excluding carboxylic acids is 2. The lowest BCUT2D eigenvalue weighted by Gasteiger charge is -2.09. The van der Waals surface area contributed by atoms with Crippen molar-refractivity contribution in [3.05, 3.63) is 63.6 Å². The molecule has 0 heterocycles. The Balaban J connectivity index is 2.12. The van der Waals surface area contributed by atoms with Crippen molar-refractivity contribution in [2.75, 3.05) is 5.32 Å². The van der Waals surface area contributed by atoms with Crippen LogP contribution in [0, 0.1) is 0 Å². The minimum atomic E-state index is -0.597. The highest BCUT2D eigenvalue weighted by Crippen LogP contribution is 2.23. The van der Waals surface area contributed by atoms with Gasteiger partial charge in [0.05, 0.1) is 27.7 Å². The van der Waals surface area contributed by atoms with Crippen molar-refractivity contribution < 1.29 is 9.59 Å². The summed E-state index contributed by atoms with van der Waals surface area (Å²) in [5.41, 5.74) is 6.63. The Bertz CT molecular complexity index is 702. The Hall–Kier alpha value is -2.04. The summed E-state index contributed by atoms with van der Waals surface area (Å²) >= 11 is 11.7. The van der Waals surface area contributed by atoms with Crippen LogP contribution in [0.15, 0.2) is 42.5 Å². The number of benzene rings is 2. The maximum atomic E-state index is 12.0. The van der Waals surface area contributed by atoms with Gasteiger partial charge in [-0.1, -0.05) is 41.4 Å². The summed E-state index contributed by atoms with van der Waals surface area (Å²) in [6.07, 6.45) is 0.115. The first-order valence-electron chi connectivity index (χ1n) is 6.10. The molecule has 2 aromatic carbocycles. The molecule has 0 unspecified atom stereocenters. The molecule has 0 atom stereocenters. The van der Waals surface area contributed by atoms with Crippen LogP contribution >= 0.6 is 23.2 Å². The Morgan fingerprint density at radius 2 is 1.76 bits per heavy atom. The highest BCUT2D eigenvalue weighted by atomic mass is 35.5. The number of carbonyl (C=O) groups is 2. The molecule has 0 aliphatic heterocycles. The second-order valence-electron chi connectivity index (χ2n) is 4.38. The zero-order valence-corrected chi connectivity index (χ0v) is 12.4. The van der Waals surface area contributed by atoms with E-state index in [2.05, 4.69) is 5.32 Å². The third kappa shape index (κ3) is 3.97. The van der Waals surface area contributed by atoms with Crippen LogP contribution in [0.4, 0.5) is 5.69 Å². The zero-order valence-electron chi connectivity index (χ0n) is 10.9. The van der Waals surface area contributed by atoms with E-state index in [1.54, 1.807) is 42.5 Å². The quantitative estimate of drug-likeness (QED) is 0.906. The molecule has 4 nitrogen and oxygen atoms in total. The molecule has 2 rings (SSSR count). The average Bonchev–Trinajstić information content (AvgIpc) is 2.43. The number of para-hydroxylation sites is 1. The van der Waals surface area contributed by atoms with Crippen molar-refractivity contribution in [3.8, 4) is 0 Å². The first-order chi connectivity index (χ1) is 9.97. The Labute approximate surface area is 131 Å². The standard InChI is InChI=1S/C15H12Cl2N2O2/c16-11-6-5-9(7-12(11)17)8-14(20)19-13-4-2-1-3-10(13)15(18)21/h1-7H,8H2,(H2,18,21)(H,19,20). The number of nitrogens with two attached hydrogens (primary N) is 1. The number of nitrogens with one attached hydrogen (secondary N) is 1. The Kier molecular flexibility index (Phi) is 4.83. The van der Waals surface area contributed by atoms with Crippen molar-refractivity contribution in [1.29, 1.82) is 0 Å². The molecular formula is C15H12Cl2N2O2. The van der Waals surface area contributed by atoms with E-state index >= 15 is 0 Å². The summed E-state index contributed by atoms with van der Waals surface area (Å²) in [5, 5.41) is 3.48. The van der Waals surface area contributed by atoms with E-state index < -0.39 is 5.91 Å². The van der Waals surface area contributed by atoms with Gasteiger partial charge in [-0.05, 0) is 29.8 Å². The first-order valence-corrected chi connectivity index (χ1v) is 6.85. The van der Waals surface area contributed by atoms with E-state index in [9.17, 15) is 9.59 Å². The molecule has 21 heavy (non-hydrogen) atoms. The number of hydrogen-bond acceptors (Lipinski definition) is 2. The summed E-state index contributed by atoms with van der Waals surface area (Å²) in [7, 11) is 0. The fourth-order valence-electron chi connectivity index (χ4n) is 1.84. The van der Waals surface area contributed by atoms with Crippen LogP contribution in [0.25, 0.3) is 0 Å². The third-order valence-electron chi connectivity index (χ3n) is 2.82. The predicted octanol–water partition coefficient (Wildman–Crippen LogP) is 3.27. The van der Waals surface area contributed by atoms with Gasteiger partial charge in [-0.15, -0.1) is 0 Å². The lowest BCUT2D eigenvalue weighted by molar-refractivity contribution is -0.115. The van der Waals surface area contributed by atoms with Crippen LogP contribution in [0.3, 0.4) is 0 Å². The van der Waals surface area contributed by atoms with E-state index in [0.29, 0.717) is 15.7 Å². The normalized spacial score (nSPS) is 10.2. The van der Waals surface area contributed by atoms with Gasteiger partial charge in [0, 0.05) is 0 Å². The fourth-order valence-corrected chi connectivity index (χ4v) is 2.16. The smallest absolute Gasteiger partial charge is 0.250 e. The van der Waals surface area contributed by atoms with Gasteiger partial charge in [0.15, 0.2) is 0 Å². The van der Waals surface area contributed by atoms with Crippen molar-refractivity contribution in [1.82, 2.24) is 0 Å². The van der Waals surface area contributed by atoms with Gasteiger partial charge in [0.1, 0.15) is 0 Å². The van der Waals surface area contributed by atoms with E-state index in [4.69, 9.17) is 28.9 Å². The maximum absolute atomic E-state index is 12.0. The molecule has 0 spiro atoms. The summed E-state index contributed by atoms with van der Waals surface area (Å²) in [5.74, 6) is -0.873. The molecule has 0 aromatic heterocycles. The summed E-state index contributed by atoms with van der Waals surface area (Å²) < 4.78 is 0. The van der Waals surface area contributed by atoms with Gasteiger partial charge in [0.2, 0.25) is 5.91 Å². The molecule has 108 valence electrons. The number of hydrogen-bond donors (Lipinski definition) is 2. The highest BCUT2D eigenvalue weighted by Gasteiger charge is 2.11. The molecule has 0 bridgehead atoms. The minimum absolute atomic E-state index is 0.115. The minimum Gasteiger partial charge on any atom is -0.366 e. The van der Waals surface area contributed by atoms with Gasteiger partial charge in [-0.3, -0.25) is 9.59 Å². The monoisotopic (exact) mass is 322 g/mol. The Morgan fingerprint density at radius 1 is 1.05 bits per heavy atom. The van der Waals surface area contributed by atoms with Gasteiger partial charge < -0.3 is 11.1 Å². The molecular weight excluding hydrogens is 311 g/mol. The van der Waals surface area contributed by atoms with E-state index in [1.165, 1.54) is 0 Å². The number of primary amides is 1. The lowest BCUT2D eigenvalue weighted by Crippen LogP contribution is -2.19. The van der Waals surface area contributed by atoms with Crippen LogP contribution in [-0.4, -0.2) is 11.8 Å². The van der Waals surface area contributed by atoms with Gasteiger partial charge in [0.25, 0.3) is 5.91 Å². The van der Waals surface area contributed by atoms with Gasteiger partial charge in [-0.2, -0.15) is 0 Å².